The van der Waals surface area contributed by atoms with Crippen LogP contribution in [-0.4, -0.2) is 23.7 Å². The summed E-state index contributed by atoms with van der Waals surface area (Å²) in [6.07, 6.45) is 1.40. The van der Waals surface area contributed by atoms with Crippen molar-refractivity contribution in [1.29, 1.82) is 0 Å². The molecule has 0 radical (unpaired) electrons. The minimum absolute atomic E-state index is 0.156. The molecule has 0 amide bonds. The highest BCUT2D eigenvalue weighted by molar-refractivity contribution is 5.74. The van der Waals surface area contributed by atoms with Crippen LogP contribution in [0.4, 0.5) is 11.5 Å². The molecule has 0 bridgehead atoms. The molecule has 0 aromatic carbocycles. The third-order valence-corrected chi connectivity index (χ3v) is 2.72. The molecule has 3 heteroatoms. The third kappa shape index (κ3) is 1.46. The first kappa shape index (κ1) is 7.09. The average molecular weight is 208 g/mol. The second-order valence-corrected chi connectivity index (χ2v) is 4.89. The third-order valence-electron chi connectivity index (χ3n) is 2.72. The first-order chi connectivity index (χ1) is 8.14. The minimum atomic E-state index is -2.18. The predicted octanol–water partition coefficient (Wildman–Crippen LogP) is 2.48. The van der Waals surface area contributed by atoms with Gasteiger partial charge in [-0.25, -0.2) is 4.98 Å². The highest BCUT2D eigenvalue weighted by Crippen LogP contribution is 2.40. The van der Waals surface area contributed by atoms with Gasteiger partial charge in [0.1, 0.15) is 6.17 Å². The molecule has 82 valence electrons. The lowest BCUT2D eigenvalue weighted by molar-refractivity contribution is 0.464. The van der Waals surface area contributed by atoms with Crippen molar-refractivity contribution in [3.8, 4) is 0 Å². The SMILES string of the molecule is [2H]C([2H])([2H])N1c2ncccc2N(C(C)(C)C)C1C. The fourth-order valence-corrected chi connectivity index (χ4v) is 2.18. The molecule has 0 fully saturated rings. The molecule has 1 atom stereocenters. The quantitative estimate of drug-likeness (QED) is 0.653. The summed E-state index contributed by atoms with van der Waals surface area (Å²) in [4.78, 5) is 7.75. The number of hydrogen-bond donors (Lipinski definition) is 0. The Kier molecular flexibility index (Phi) is 1.48. The Morgan fingerprint density at radius 2 is 2.20 bits per heavy atom. The van der Waals surface area contributed by atoms with Crippen LogP contribution in [0.25, 0.3) is 0 Å². The van der Waals surface area contributed by atoms with Crippen LogP contribution in [0.1, 0.15) is 31.8 Å². The Morgan fingerprint density at radius 1 is 1.47 bits per heavy atom. The Morgan fingerprint density at radius 3 is 2.80 bits per heavy atom. The van der Waals surface area contributed by atoms with E-state index in [4.69, 9.17) is 4.11 Å². The van der Waals surface area contributed by atoms with E-state index >= 15 is 0 Å². The molecule has 1 aliphatic heterocycles. The summed E-state index contributed by atoms with van der Waals surface area (Å²) in [5.41, 5.74) is 0.727. The van der Waals surface area contributed by atoms with Gasteiger partial charge >= 0.3 is 0 Å². The fraction of sp³-hybridized carbons (Fsp3) is 0.583. The monoisotopic (exact) mass is 208 g/mol. The summed E-state index contributed by atoms with van der Waals surface area (Å²) in [5, 5.41) is 0. The van der Waals surface area contributed by atoms with E-state index in [1.807, 2.05) is 19.1 Å². The molecule has 0 aliphatic carbocycles. The highest BCUT2D eigenvalue weighted by atomic mass is 15.4. The van der Waals surface area contributed by atoms with Gasteiger partial charge in [-0.2, -0.15) is 0 Å². The molecule has 0 saturated carbocycles. The van der Waals surface area contributed by atoms with Crippen molar-refractivity contribution >= 4 is 11.5 Å². The van der Waals surface area contributed by atoms with Crippen LogP contribution in [0.2, 0.25) is 0 Å². The minimum Gasteiger partial charge on any atom is -0.344 e. The zero-order valence-electron chi connectivity index (χ0n) is 12.7. The Bertz CT molecular complexity index is 410. The number of pyridine rings is 1. The van der Waals surface area contributed by atoms with Crippen LogP contribution in [0, 0.1) is 0 Å². The van der Waals surface area contributed by atoms with Crippen LogP contribution in [0.15, 0.2) is 18.3 Å². The average Bonchev–Trinajstić information content (AvgIpc) is 2.47. The lowest BCUT2D eigenvalue weighted by Gasteiger charge is -2.38. The van der Waals surface area contributed by atoms with Crippen LogP contribution >= 0.6 is 0 Å². The summed E-state index contributed by atoms with van der Waals surface area (Å²) < 4.78 is 23.0. The van der Waals surface area contributed by atoms with Crippen LogP contribution in [-0.2, 0) is 0 Å². The zero-order chi connectivity index (χ0) is 13.7. The van der Waals surface area contributed by atoms with Crippen molar-refractivity contribution < 1.29 is 4.11 Å². The van der Waals surface area contributed by atoms with Gasteiger partial charge in [-0.1, -0.05) is 0 Å². The molecule has 2 heterocycles. The van der Waals surface area contributed by atoms with E-state index in [0.717, 1.165) is 5.69 Å². The number of anilines is 2. The van der Waals surface area contributed by atoms with Gasteiger partial charge < -0.3 is 9.80 Å². The second kappa shape index (κ2) is 3.12. The van der Waals surface area contributed by atoms with Crippen molar-refractivity contribution in [2.24, 2.45) is 0 Å². The first-order valence-electron chi connectivity index (χ1n) is 6.68. The maximum Gasteiger partial charge on any atom is 0.153 e. The number of hydrogen-bond acceptors (Lipinski definition) is 3. The molecule has 3 nitrogen and oxygen atoms in total. The van der Waals surface area contributed by atoms with Crippen molar-refractivity contribution in [1.82, 2.24) is 4.98 Å². The van der Waals surface area contributed by atoms with Gasteiger partial charge in [0.2, 0.25) is 0 Å². The smallest absolute Gasteiger partial charge is 0.153 e. The zero-order valence-corrected chi connectivity index (χ0v) is 9.65. The van der Waals surface area contributed by atoms with Gasteiger partial charge in [-0.05, 0) is 39.8 Å². The largest absolute Gasteiger partial charge is 0.344 e. The fourth-order valence-electron chi connectivity index (χ4n) is 2.18. The molecule has 1 unspecified atom stereocenters. The molecule has 0 spiro atoms. The molecule has 15 heavy (non-hydrogen) atoms. The normalized spacial score (nSPS) is 24.5. The molecular weight excluding hydrogens is 186 g/mol. The lowest BCUT2D eigenvalue weighted by Crippen LogP contribution is -2.49. The molecule has 0 N–H and O–H groups in total. The standard InChI is InChI=1S/C12H19N3/c1-9-14(5)11-10(7-6-8-13-11)15(9)12(2,3)4/h6-9H,1-5H3/i5D3. The highest BCUT2D eigenvalue weighted by Gasteiger charge is 2.37. The lowest BCUT2D eigenvalue weighted by atomic mass is 10.1. The van der Waals surface area contributed by atoms with Gasteiger partial charge in [0.15, 0.2) is 5.82 Å². The van der Waals surface area contributed by atoms with E-state index in [2.05, 4.69) is 30.7 Å². The van der Waals surface area contributed by atoms with Gasteiger partial charge in [0.05, 0.1) is 5.69 Å². The van der Waals surface area contributed by atoms with Crippen LogP contribution in [0.5, 0.6) is 0 Å². The summed E-state index contributed by atoms with van der Waals surface area (Å²) >= 11 is 0. The number of rotatable bonds is 0. The van der Waals surface area contributed by atoms with E-state index in [9.17, 15) is 0 Å². The van der Waals surface area contributed by atoms with Gasteiger partial charge in [-0.15, -0.1) is 0 Å². The summed E-state index contributed by atoms with van der Waals surface area (Å²) in [7, 11) is 0. The van der Waals surface area contributed by atoms with Crippen molar-refractivity contribution in [3.05, 3.63) is 18.3 Å². The molecule has 1 aliphatic rings. The van der Waals surface area contributed by atoms with E-state index in [1.54, 1.807) is 6.20 Å². The number of aromatic nitrogens is 1. The van der Waals surface area contributed by atoms with E-state index in [1.165, 1.54) is 4.90 Å². The Labute approximate surface area is 95.9 Å². The second-order valence-electron chi connectivity index (χ2n) is 4.89. The molecule has 1 aromatic heterocycles. The van der Waals surface area contributed by atoms with Gasteiger partial charge in [0, 0.05) is 22.8 Å². The summed E-state index contributed by atoms with van der Waals surface area (Å²) in [5.74, 6) is 0.542. The van der Waals surface area contributed by atoms with Crippen molar-refractivity contribution in [2.75, 3.05) is 16.8 Å². The Hall–Kier alpha value is -1.25. The van der Waals surface area contributed by atoms with Crippen molar-refractivity contribution in [2.45, 2.75) is 39.4 Å². The van der Waals surface area contributed by atoms with Crippen LogP contribution < -0.4 is 9.80 Å². The molecule has 2 rings (SSSR count). The van der Waals surface area contributed by atoms with Crippen LogP contribution in [0.3, 0.4) is 0 Å². The first-order valence-corrected chi connectivity index (χ1v) is 5.18. The maximum absolute atomic E-state index is 7.68. The van der Waals surface area contributed by atoms with Crippen molar-refractivity contribution in [3.63, 3.8) is 0 Å². The maximum atomic E-state index is 7.68. The van der Waals surface area contributed by atoms with Gasteiger partial charge in [-0.3, -0.25) is 0 Å². The summed E-state index contributed by atoms with van der Waals surface area (Å²) in [6, 6.07) is 3.77. The molecular formula is C12H19N3. The summed E-state index contributed by atoms with van der Waals surface area (Å²) in [6.45, 7) is 5.94. The molecule has 1 aromatic rings. The predicted molar refractivity (Wildman–Crippen MR) is 64.3 cm³/mol. The van der Waals surface area contributed by atoms with E-state index in [0.29, 0.717) is 5.82 Å². The number of nitrogens with zero attached hydrogens (tertiary/aromatic N) is 3. The number of fused-ring (bicyclic) bond motifs is 1. The Balaban J connectivity index is 2.57. The molecule has 0 saturated heterocycles. The van der Waals surface area contributed by atoms with Gasteiger partial charge in [0.25, 0.3) is 0 Å². The topological polar surface area (TPSA) is 19.4 Å². The van der Waals surface area contributed by atoms with E-state index in [-0.39, 0.29) is 11.7 Å². The van der Waals surface area contributed by atoms with E-state index < -0.39 is 6.98 Å².